The maximum atomic E-state index is 11.9. The number of amides is 1. The number of hydrogen-bond acceptors (Lipinski definition) is 1. The number of alkyl halides is 1. The summed E-state index contributed by atoms with van der Waals surface area (Å²) in [5.41, 5.74) is 1.51. The van der Waals surface area contributed by atoms with Crippen LogP contribution < -0.4 is 5.32 Å². The molecule has 0 bridgehead atoms. The summed E-state index contributed by atoms with van der Waals surface area (Å²) in [5.74, 6) is -0.231. The first-order chi connectivity index (χ1) is 8.66. The van der Waals surface area contributed by atoms with Gasteiger partial charge >= 0.3 is 0 Å². The Balaban J connectivity index is 2.06. The molecule has 4 heteroatoms. The van der Waals surface area contributed by atoms with Gasteiger partial charge in [0.2, 0.25) is 5.91 Å². The van der Waals surface area contributed by atoms with Crippen molar-refractivity contribution in [2.45, 2.75) is 5.38 Å². The first kappa shape index (κ1) is 13.1. The van der Waals surface area contributed by atoms with Gasteiger partial charge in [-0.1, -0.05) is 46.3 Å². The van der Waals surface area contributed by atoms with E-state index < -0.39 is 5.38 Å². The number of rotatable bonds is 3. The van der Waals surface area contributed by atoms with Crippen molar-refractivity contribution in [3.05, 3.63) is 64.6 Å². The van der Waals surface area contributed by atoms with Gasteiger partial charge in [0.15, 0.2) is 0 Å². The van der Waals surface area contributed by atoms with Crippen LogP contribution >= 0.6 is 27.5 Å². The first-order valence-corrected chi connectivity index (χ1v) is 6.65. The van der Waals surface area contributed by atoms with E-state index in [1.54, 1.807) is 0 Å². The van der Waals surface area contributed by atoms with Crippen LogP contribution in [-0.4, -0.2) is 5.91 Å². The highest BCUT2D eigenvalue weighted by atomic mass is 79.9. The maximum Gasteiger partial charge on any atom is 0.246 e. The van der Waals surface area contributed by atoms with E-state index in [0.29, 0.717) is 0 Å². The zero-order valence-corrected chi connectivity index (χ0v) is 11.8. The summed E-state index contributed by atoms with van der Waals surface area (Å²) >= 11 is 9.46. The summed E-state index contributed by atoms with van der Waals surface area (Å²) in [6, 6.07) is 16.6. The number of carbonyl (C=O) groups excluding carboxylic acids is 1. The topological polar surface area (TPSA) is 29.1 Å². The number of benzene rings is 2. The third kappa shape index (κ3) is 3.34. The lowest BCUT2D eigenvalue weighted by atomic mass is 10.1. The lowest BCUT2D eigenvalue weighted by Gasteiger charge is -2.10. The van der Waals surface area contributed by atoms with Crippen LogP contribution in [0.1, 0.15) is 10.9 Å². The highest BCUT2D eigenvalue weighted by Gasteiger charge is 2.17. The van der Waals surface area contributed by atoms with Crippen molar-refractivity contribution < 1.29 is 4.79 Å². The molecule has 0 fully saturated rings. The fourth-order valence-corrected chi connectivity index (χ4v) is 1.98. The van der Waals surface area contributed by atoms with Crippen LogP contribution in [0.3, 0.4) is 0 Å². The van der Waals surface area contributed by atoms with Crippen molar-refractivity contribution in [1.82, 2.24) is 0 Å². The Morgan fingerprint density at radius 3 is 2.28 bits per heavy atom. The highest BCUT2D eigenvalue weighted by Crippen LogP contribution is 2.22. The van der Waals surface area contributed by atoms with Crippen molar-refractivity contribution >= 4 is 39.1 Å². The average Bonchev–Trinajstić information content (AvgIpc) is 2.41. The molecular formula is C14H11BrClNO. The van der Waals surface area contributed by atoms with Crippen LogP contribution in [0.2, 0.25) is 0 Å². The fraction of sp³-hybridized carbons (Fsp3) is 0.0714. The van der Waals surface area contributed by atoms with Crippen LogP contribution in [0.4, 0.5) is 5.69 Å². The molecule has 0 heterocycles. The van der Waals surface area contributed by atoms with E-state index in [0.717, 1.165) is 15.7 Å². The van der Waals surface area contributed by atoms with Crippen molar-refractivity contribution in [1.29, 1.82) is 0 Å². The molecule has 0 saturated heterocycles. The minimum Gasteiger partial charge on any atom is -0.325 e. The Morgan fingerprint density at radius 1 is 1.06 bits per heavy atom. The Hall–Kier alpha value is -1.32. The smallest absolute Gasteiger partial charge is 0.246 e. The van der Waals surface area contributed by atoms with Gasteiger partial charge in [0.25, 0.3) is 0 Å². The lowest BCUT2D eigenvalue weighted by molar-refractivity contribution is -0.116. The Kier molecular flexibility index (Phi) is 4.39. The summed E-state index contributed by atoms with van der Waals surface area (Å²) in [6.45, 7) is 0. The predicted molar refractivity (Wildman–Crippen MR) is 77.8 cm³/mol. The monoisotopic (exact) mass is 323 g/mol. The van der Waals surface area contributed by atoms with Crippen molar-refractivity contribution in [2.24, 2.45) is 0 Å². The molecular weight excluding hydrogens is 314 g/mol. The molecule has 0 radical (unpaired) electrons. The normalized spacial score (nSPS) is 11.9. The molecule has 1 atom stereocenters. The van der Waals surface area contributed by atoms with Gasteiger partial charge in [-0.15, -0.1) is 11.6 Å². The van der Waals surface area contributed by atoms with E-state index >= 15 is 0 Å². The number of carbonyl (C=O) groups is 1. The molecule has 2 rings (SSSR count). The molecule has 0 spiro atoms. The zero-order chi connectivity index (χ0) is 13.0. The van der Waals surface area contributed by atoms with E-state index in [9.17, 15) is 4.79 Å². The molecule has 0 aliphatic carbocycles. The summed E-state index contributed by atoms with van der Waals surface area (Å²) in [6.07, 6.45) is 0. The summed E-state index contributed by atoms with van der Waals surface area (Å²) in [4.78, 5) is 11.9. The van der Waals surface area contributed by atoms with Crippen LogP contribution in [-0.2, 0) is 4.79 Å². The van der Waals surface area contributed by atoms with Crippen molar-refractivity contribution in [3.8, 4) is 0 Å². The zero-order valence-electron chi connectivity index (χ0n) is 9.44. The lowest BCUT2D eigenvalue weighted by Crippen LogP contribution is -2.17. The third-order valence-corrected chi connectivity index (χ3v) is 3.41. The van der Waals surface area contributed by atoms with Gasteiger partial charge in [-0.3, -0.25) is 4.79 Å². The van der Waals surface area contributed by atoms with E-state index in [4.69, 9.17) is 11.6 Å². The largest absolute Gasteiger partial charge is 0.325 e. The van der Waals surface area contributed by atoms with Gasteiger partial charge in [0.05, 0.1) is 0 Å². The minimum atomic E-state index is -0.685. The number of anilines is 1. The SMILES string of the molecule is O=C(Nc1ccc(Br)cc1)C(Cl)c1ccccc1. The van der Waals surface area contributed by atoms with Gasteiger partial charge in [-0.2, -0.15) is 0 Å². The minimum absolute atomic E-state index is 0.231. The molecule has 0 aliphatic rings. The van der Waals surface area contributed by atoms with Gasteiger partial charge in [-0.25, -0.2) is 0 Å². The van der Waals surface area contributed by atoms with Gasteiger partial charge in [0.1, 0.15) is 5.38 Å². The van der Waals surface area contributed by atoms with E-state index in [2.05, 4.69) is 21.2 Å². The number of hydrogen-bond donors (Lipinski definition) is 1. The predicted octanol–water partition coefficient (Wildman–Crippen LogP) is 4.37. The maximum absolute atomic E-state index is 11.9. The molecule has 2 nitrogen and oxygen atoms in total. The number of nitrogens with one attached hydrogen (secondary N) is 1. The third-order valence-electron chi connectivity index (χ3n) is 2.43. The molecule has 2 aromatic rings. The van der Waals surface area contributed by atoms with Crippen LogP contribution in [0, 0.1) is 0 Å². The molecule has 1 amide bonds. The quantitative estimate of drug-likeness (QED) is 0.835. The van der Waals surface area contributed by atoms with Crippen molar-refractivity contribution in [2.75, 3.05) is 5.32 Å². The molecule has 0 saturated carbocycles. The van der Waals surface area contributed by atoms with Crippen LogP contribution in [0.25, 0.3) is 0 Å². The molecule has 92 valence electrons. The molecule has 18 heavy (non-hydrogen) atoms. The summed E-state index contributed by atoms with van der Waals surface area (Å²) in [5, 5.41) is 2.09. The first-order valence-electron chi connectivity index (χ1n) is 5.42. The second kappa shape index (κ2) is 6.03. The molecule has 0 aliphatic heterocycles. The molecule has 1 unspecified atom stereocenters. The average molecular weight is 325 g/mol. The highest BCUT2D eigenvalue weighted by molar-refractivity contribution is 9.10. The molecule has 2 aromatic carbocycles. The van der Waals surface area contributed by atoms with E-state index in [1.165, 1.54) is 0 Å². The van der Waals surface area contributed by atoms with Crippen molar-refractivity contribution in [3.63, 3.8) is 0 Å². The van der Waals surface area contributed by atoms with E-state index in [1.807, 2.05) is 54.6 Å². The van der Waals surface area contributed by atoms with E-state index in [-0.39, 0.29) is 5.91 Å². The van der Waals surface area contributed by atoms with Gasteiger partial charge < -0.3 is 5.32 Å². The Labute approximate surface area is 119 Å². The Morgan fingerprint density at radius 2 is 1.67 bits per heavy atom. The van der Waals surface area contributed by atoms with Gasteiger partial charge in [0, 0.05) is 10.2 Å². The van der Waals surface area contributed by atoms with Gasteiger partial charge in [-0.05, 0) is 29.8 Å². The second-order valence-electron chi connectivity index (χ2n) is 3.77. The Bertz CT molecular complexity index is 527. The molecule has 1 N–H and O–H groups in total. The second-order valence-corrected chi connectivity index (χ2v) is 5.12. The van der Waals surface area contributed by atoms with Crippen LogP contribution in [0.15, 0.2) is 59.1 Å². The fourth-order valence-electron chi connectivity index (χ4n) is 1.51. The summed E-state index contributed by atoms with van der Waals surface area (Å²) < 4.78 is 0.964. The molecule has 0 aromatic heterocycles. The summed E-state index contributed by atoms with van der Waals surface area (Å²) in [7, 11) is 0. The van der Waals surface area contributed by atoms with Crippen LogP contribution in [0.5, 0.6) is 0 Å². The standard InChI is InChI=1S/C14H11BrClNO/c15-11-6-8-12(9-7-11)17-14(18)13(16)10-4-2-1-3-5-10/h1-9,13H,(H,17,18). The number of halogens is 2.